The van der Waals surface area contributed by atoms with Crippen molar-refractivity contribution in [3.63, 3.8) is 0 Å². The molecule has 114 valence electrons. The Bertz CT molecular complexity index is 409. The van der Waals surface area contributed by atoms with Gasteiger partial charge in [-0.1, -0.05) is 20.8 Å². The first-order valence-corrected chi connectivity index (χ1v) is 8.77. The molecule has 0 bridgehead atoms. The Morgan fingerprint density at radius 1 is 1.30 bits per heavy atom. The predicted molar refractivity (Wildman–Crippen MR) is 91.1 cm³/mol. The van der Waals surface area contributed by atoms with E-state index in [9.17, 15) is 0 Å². The molecular formula is C15H28N4S. The molecule has 0 spiro atoms. The van der Waals surface area contributed by atoms with Gasteiger partial charge in [-0.05, 0) is 19.6 Å². The Labute approximate surface area is 127 Å². The monoisotopic (exact) mass is 296 g/mol. The lowest BCUT2D eigenvalue weighted by Crippen LogP contribution is -2.34. The molecule has 1 heterocycles. The molecule has 1 rings (SSSR count). The number of anilines is 2. The highest BCUT2D eigenvalue weighted by Crippen LogP contribution is 2.22. The average Bonchev–Trinajstić information content (AvgIpc) is 2.44. The third-order valence-electron chi connectivity index (χ3n) is 3.34. The van der Waals surface area contributed by atoms with E-state index in [1.54, 1.807) is 0 Å². The molecule has 0 fully saturated rings. The van der Waals surface area contributed by atoms with Crippen LogP contribution >= 0.6 is 11.8 Å². The van der Waals surface area contributed by atoms with Crippen LogP contribution < -0.4 is 10.2 Å². The van der Waals surface area contributed by atoms with E-state index in [0.717, 1.165) is 36.2 Å². The fourth-order valence-electron chi connectivity index (χ4n) is 2.05. The summed E-state index contributed by atoms with van der Waals surface area (Å²) < 4.78 is 0. The molecule has 0 aromatic carbocycles. The number of nitrogens with one attached hydrogen (secondary N) is 1. The molecule has 4 nitrogen and oxygen atoms in total. The normalized spacial score (nSPS) is 12.6. The van der Waals surface area contributed by atoms with Crippen molar-refractivity contribution in [2.24, 2.45) is 0 Å². The van der Waals surface area contributed by atoms with Crippen LogP contribution in [0.4, 0.5) is 11.6 Å². The summed E-state index contributed by atoms with van der Waals surface area (Å²) in [5, 5.41) is 3.30. The molecule has 0 aliphatic heterocycles. The van der Waals surface area contributed by atoms with Crippen molar-refractivity contribution in [2.45, 2.75) is 46.1 Å². The molecule has 1 aromatic heterocycles. The summed E-state index contributed by atoms with van der Waals surface area (Å²) in [4.78, 5) is 11.6. The summed E-state index contributed by atoms with van der Waals surface area (Å²) in [6, 6.07) is 2.56. The van der Waals surface area contributed by atoms with Gasteiger partial charge in [0.1, 0.15) is 17.5 Å². The Morgan fingerprint density at radius 3 is 2.50 bits per heavy atom. The Morgan fingerprint density at radius 2 is 2.00 bits per heavy atom. The summed E-state index contributed by atoms with van der Waals surface area (Å²) >= 11 is 1.88. The third kappa shape index (κ3) is 4.54. The van der Waals surface area contributed by atoms with Crippen LogP contribution in [0, 0.1) is 0 Å². The third-order valence-corrected chi connectivity index (χ3v) is 4.06. The second-order valence-corrected chi connectivity index (χ2v) is 6.19. The van der Waals surface area contributed by atoms with Gasteiger partial charge in [-0.3, -0.25) is 0 Å². The minimum Gasteiger partial charge on any atom is -0.370 e. The van der Waals surface area contributed by atoms with E-state index in [1.807, 2.05) is 11.8 Å². The Balaban J connectivity index is 3.07. The number of thioether (sulfide) groups is 1. The van der Waals surface area contributed by atoms with Gasteiger partial charge in [0.25, 0.3) is 0 Å². The van der Waals surface area contributed by atoms with Crippen molar-refractivity contribution < 1.29 is 0 Å². The Hall–Kier alpha value is -0.970. The van der Waals surface area contributed by atoms with Crippen molar-refractivity contribution in [2.75, 3.05) is 35.8 Å². The van der Waals surface area contributed by atoms with Crippen LogP contribution in [0.2, 0.25) is 0 Å². The van der Waals surface area contributed by atoms with Gasteiger partial charge >= 0.3 is 0 Å². The largest absolute Gasteiger partial charge is 0.370 e. The molecule has 0 amide bonds. The fourth-order valence-corrected chi connectivity index (χ4v) is 2.89. The van der Waals surface area contributed by atoms with Gasteiger partial charge in [0.15, 0.2) is 0 Å². The summed E-state index contributed by atoms with van der Waals surface area (Å²) in [6.07, 6.45) is 3.27. The second kappa shape index (κ2) is 8.35. The summed E-state index contributed by atoms with van der Waals surface area (Å²) in [6.45, 7) is 9.46. The van der Waals surface area contributed by atoms with Gasteiger partial charge in [-0.2, -0.15) is 11.8 Å². The lowest BCUT2D eigenvalue weighted by atomic mass is 10.2. The van der Waals surface area contributed by atoms with E-state index in [-0.39, 0.29) is 0 Å². The van der Waals surface area contributed by atoms with Gasteiger partial charge in [-0.25, -0.2) is 9.97 Å². The standard InChI is InChI=1S/C15H28N4S/c1-7-12(10-20-6)19(5)14-9-13(16-8-2)17-15(18-14)11(3)4/h9,11-12H,7-8,10H2,1-6H3,(H,16,17,18). The Kier molecular flexibility index (Phi) is 7.13. The fraction of sp³-hybridized carbons (Fsp3) is 0.733. The average molecular weight is 296 g/mol. The van der Waals surface area contributed by atoms with E-state index in [2.05, 4.69) is 62.3 Å². The van der Waals surface area contributed by atoms with Crippen LogP contribution in [0.15, 0.2) is 6.07 Å². The van der Waals surface area contributed by atoms with Crippen LogP contribution in [0.1, 0.15) is 45.9 Å². The van der Waals surface area contributed by atoms with Gasteiger partial charge in [0.2, 0.25) is 0 Å². The molecule has 1 unspecified atom stereocenters. The first-order valence-electron chi connectivity index (χ1n) is 7.38. The molecule has 5 heteroatoms. The smallest absolute Gasteiger partial charge is 0.135 e. The van der Waals surface area contributed by atoms with Crippen LogP contribution in [0.5, 0.6) is 0 Å². The maximum absolute atomic E-state index is 4.73. The van der Waals surface area contributed by atoms with E-state index in [1.165, 1.54) is 0 Å². The first-order chi connectivity index (χ1) is 9.53. The highest BCUT2D eigenvalue weighted by molar-refractivity contribution is 7.98. The van der Waals surface area contributed by atoms with Gasteiger partial charge in [0, 0.05) is 37.4 Å². The maximum Gasteiger partial charge on any atom is 0.135 e. The van der Waals surface area contributed by atoms with Crippen molar-refractivity contribution in [3.8, 4) is 0 Å². The molecule has 1 N–H and O–H groups in total. The summed E-state index contributed by atoms with van der Waals surface area (Å²) in [5.41, 5.74) is 0. The van der Waals surface area contributed by atoms with Gasteiger partial charge < -0.3 is 10.2 Å². The van der Waals surface area contributed by atoms with Crippen LogP contribution in [0.3, 0.4) is 0 Å². The lowest BCUT2D eigenvalue weighted by molar-refractivity contribution is 0.659. The molecule has 1 atom stereocenters. The quantitative estimate of drug-likeness (QED) is 0.793. The molecule has 20 heavy (non-hydrogen) atoms. The first kappa shape index (κ1) is 17.1. The number of hydrogen-bond donors (Lipinski definition) is 1. The van der Waals surface area contributed by atoms with E-state index < -0.39 is 0 Å². The molecule has 1 aromatic rings. The minimum absolute atomic E-state index is 0.335. The summed E-state index contributed by atoms with van der Waals surface area (Å²) in [7, 11) is 2.13. The SMILES string of the molecule is CCNc1cc(N(C)C(CC)CSC)nc(C(C)C)n1. The van der Waals surface area contributed by atoms with Crippen molar-refractivity contribution >= 4 is 23.4 Å². The van der Waals surface area contributed by atoms with E-state index in [4.69, 9.17) is 4.98 Å². The number of nitrogens with zero attached hydrogens (tertiary/aromatic N) is 3. The maximum atomic E-state index is 4.73. The van der Waals surface area contributed by atoms with E-state index in [0.29, 0.717) is 12.0 Å². The number of aromatic nitrogens is 2. The van der Waals surface area contributed by atoms with E-state index >= 15 is 0 Å². The van der Waals surface area contributed by atoms with Gasteiger partial charge in [-0.15, -0.1) is 0 Å². The van der Waals surface area contributed by atoms with Gasteiger partial charge in [0.05, 0.1) is 0 Å². The highest BCUT2D eigenvalue weighted by Gasteiger charge is 2.16. The minimum atomic E-state index is 0.335. The number of hydrogen-bond acceptors (Lipinski definition) is 5. The zero-order chi connectivity index (χ0) is 15.1. The summed E-state index contributed by atoms with van der Waals surface area (Å²) in [5.74, 6) is 4.29. The van der Waals surface area contributed by atoms with Crippen molar-refractivity contribution in [3.05, 3.63) is 11.9 Å². The predicted octanol–water partition coefficient (Wildman–Crippen LogP) is 3.61. The number of rotatable bonds is 8. The van der Waals surface area contributed by atoms with Crippen molar-refractivity contribution in [1.82, 2.24) is 9.97 Å². The zero-order valence-corrected chi connectivity index (χ0v) is 14.4. The lowest BCUT2D eigenvalue weighted by Gasteiger charge is -2.28. The zero-order valence-electron chi connectivity index (χ0n) is 13.6. The van der Waals surface area contributed by atoms with Crippen LogP contribution in [-0.4, -0.2) is 41.6 Å². The molecule has 0 radical (unpaired) electrons. The van der Waals surface area contributed by atoms with Crippen molar-refractivity contribution in [1.29, 1.82) is 0 Å². The highest BCUT2D eigenvalue weighted by atomic mass is 32.2. The van der Waals surface area contributed by atoms with Crippen LogP contribution in [-0.2, 0) is 0 Å². The molecular weight excluding hydrogens is 268 g/mol. The molecule has 0 aliphatic carbocycles. The molecule has 0 saturated heterocycles. The van der Waals surface area contributed by atoms with Crippen LogP contribution in [0.25, 0.3) is 0 Å². The molecule has 0 aliphatic rings. The topological polar surface area (TPSA) is 41.0 Å². The molecule has 0 saturated carbocycles. The second-order valence-electron chi connectivity index (χ2n) is 5.28.